The van der Waals surface area contributed by atoms with Crippen LogP contribution < -0.4 is 11.5 Å². The number of halogens is 1. The van der Waals surface area contributed by atoms with Gasteiger partial charge < -0.3 is 11.5 Å². The zero-order chi connectivity index (χ0) is 9.84. The fraction of sp³-hybridized carbons (Fsp3) is 0.143. The maximum atomic E-state index is 10.5. The molecule has 0 saturated heterocycles. The summed E-state index contributed by atoms with van der Waals surface area (Å²) in [6, 6.07) is 1.73. The summed E-state index contributed by atoms with van der Waals surface area (Å²) >= 11 is 4.56. The van der Waals surface area contributed by atoms with Crippen LogP contribution in [-0.4, -0.2) is 16.6 Å². The number of nitrogens with two attached hydrogens (primary N) is 2. The van der Waals surface area contributed by atoms with Crippen LogP contribution in [0.4, 0.5) is 5.69 Å². The van der Waals surface area contributed by atoms with Gasteiger partial charge in [-0.3, -0.25) is 4.79 Å². The van der Waals surface area contributed by atoms with Gasteiger partial charge in [-0.05, 0) is 22.0 Å². The number of hydrogen-bond donors (Lipinski definition) is 2. The molecule has 6 heteroatoms. The second-order valence-corrected chi connectivity index (χ2v) is 4.13. The van der Waals surface area contributed by atoms with Gasteiger partial charge in [0.1, 0.15) is 5.03 Å². The van der Waals surface area contributed by atoms with Crippen LogP contribution in [0.5, 0.6) is 0 Å². The molecular formula is C7H8BrN3OS. The first kappa shape index (κ1) is 10.3. The van der Waals surface area contributed by atoms with Crippen LogP contribution in [0.1, 0.15) is 0 Å². The summed E-state index contributed by atoms with van der Waals surface area (Å²) < 4.78 is 0.777. The fourth-order valence-electron chi connectivity index (χ4n) is 0.686. The molecule has 0 atom stereocenters. The molecule has 1 aromatic rings. The quantitative estimate of drug-likeness (QED) is 0.796. The number of carbonyl (C=O) groups is 1. The smallest absolute Gasteiger partial charge is 0.227 e. The van der Waals surface area contributed by atoms with Gasteiger partial charge in [-0.1, -0.05) is 11.8 Å². The zero-order valence-corrected chi connectivity index (χ0v) is 9.06. The van der Waals surface area contributed by atoms with Crippen molar-refractivity contribution in [1.82, 2.24) is 4.98 Å². The summed E-state index contributed by atoms with van der Waals surface area (Å²) in [5, 5.41) is 0.716. The lowest BCUT2D eigenvalue weighted by molar-refractivity contribution is -0.115. The molecule has 1 aromatic heterocycles. The first-order chi connectivity index (χ1) is 6.09. The van der Waals surface area contributed by atoms with Gasteiger partial charge >= 0.3 is 0 Å². The van der Waals surface area contributed by atoms with E-state index < -0.39 is 0 Å². The number of hydrogen-bond acceptors (Lipinski definition) is 4. The highest BCUT2D eigenvalue weighted by Crippen LogP contribution is 2.26. The molecule has 4 N–H and O–H groups in total. The van der Waals surface area contributed by atoms with Crippen LogP contribution in [0.25, 0.3) is 0 Å². The summed E-state index contributed by atoms with van der Waals surface area (Å²) in [6.07, 6.45) is 1.54. The minimum atomic E-state index is -0.365. The summed E-state index contributed by atoms with van der Waals surface area (Å²) in [4.78, 5) is 14.5. The van der Waals surface area contributed by atoms with E-state index in [-0.39, 0.29) is 11.7 Å². The van der Waals surface area contributed by atoms with E-state index in [9.17, 15) is 4.79 Å². The minimum absolute atomic E-state index is 0.218. The Morgan fingerprint density at radius 3 is 2.92 bits per heavy atom. The van der Waals surface area contributed by atoms with E-state index in [4.69, 9.17) is 11.5 Å². The molecule has 4 nitrogen and oxygen atoms in total. The number of nitrogens with zero attached hydrogens (tertiary/aromatic N) is 1. The Morgan fingerprint density at radius 1 is 1.69 bits per heavy atom. The van der Waals surface area contributed by atoms with E-state index >= 15 is 0 Å². The number of carbonyl (C=O) groups excluding carboxylic acids is 1. The second kappa shape index (κ2) is 4.48. The van der Waals surface area contributed by atoms with Gasteiger partial charge in [0.15, 0.2) is 0 Å². The van der Waals surface area contributed by atoms with E-state index in [0.717, 1.165) is 4.47 Å². The molecule has 0 fully saturated rings. The zero-order valence-electron chi connectivity index (χ0n) is 6.66. The Balaban J connectivity index is 2.72. The molecule has 0 bridgehead atoms. The molecule has 0 saturated carbocycles. The highest BCUT2D eigenvalue weighted by molar-refractivity contribution is 9.10. The molecule has 0 unspecified atom stereocenters. The topological polar surface area (TPSA) is 82.0 Å². The number of thioether (sulfide) groups is 1. The fourth-order valence-corrected chi connectivity index (χ4v) is 2.00. The van der Waals surface area contributed by atoms with E-state index in [2.05, 4.69) is 20.9 Å². The van der Waals surface area contributed by atoms with Crippen molar-refractivity contribution < 1.29 is 4.79 Å². The van der Waals surface area contributed by atoms with E-state index in [0.29, 0.717) is 10.7 Å². The first-order valence-corrected chi connectivity index (χ1v) is 5.19. The number of anilines is 1. The number of nitrogen functional groups attached to an aromatic ring is 1. The van der Waals surface area contributed by atoms with E-state index in [1.807, 2.05) is 0 Å². The summed E-state index contributed by atoms with van der Waals surface area (Å²) in [5.41, 5.74) is 11.1. The van der Waals surface area contributed by atoms with Gasteiger partial charge in [-0.15, -0.1) is 0 Å². The Hall–Kier alpha value is -0.750. The maximum absolute atomic E-state index is 10.5. The predicted octanol–water partition coefficient (Wildman–Crippen LogP) is 1.00. The van der Waals surface area contributed by atoms with Gasteiger partial charge in [0.2, 0.25) is 5.91 Å². The molecule has 0 spiro atoms. The third kappa shape index (κ3) is 3.23. The summed E-state index contributed by atoms with van der Waals surface area (Å²) in [6.45, 7) is 0. The molecule has 1 rings (SSSR count). The van der Waals surface area contributed by atoms with Crippen molar-refractivity contribution >= 4 is 39.3 Å². The van der Waals surface area contributed by atoms with Crippen molar-refractivity contribution in [3.63, 3.8) is 0 Å². The summed E-state index contributed by atoms with van der Waals surface area (Å²) in [5.74, 6) is -0.147. The molecule has 0 aromatic carbocycles. The Labute approximate surface area is 88.2 Å². The van der Waals surface area contributed by atoms with E-state index in [1.54, 1.807) is 6.07 Å². The van der Waals surface area contributed by atoms with Crippen LogP contribution in [0.2, 0.25) is 0 Å². The van der Waals surface area contributed by atoms with Gasteiger partial charge in [0, 0.05) is 0 Å². The van der Waals surface area contributed by atoms with Crippen LogP contribution in [0, 0.1) is 0 Å². The third-order valence-corrected chi connectivity index (χ3v) is 3.07. The molecule has 13 heavy (non-hydrogen) atoms. The number of aromatic nitrogens is 1. The van der Waals surface area contributed by atoms with E-state index in [1.165, 1.54) is 18.0 Å². The number of pyridine rings is 1. The van der Waals surface area contributed by atoms with Crippen LogP contribution >= 0.6 is 27.7 Å². The van der Waals surface area contributed by atoms with Crippen molar-refractivity contribution in [1.29, 1.82) is 0 Å². The van der Waals surface area contributed by atoms with Gasteiger partial charge in [-0.25, -0.2) is 4.98 Å². The SMILES string of the molecule is NC(=O)CSc1ncc(N)cc1Br. The van der Waals surface area contributed by atoms with Crippen molar-refractivity contribution in [3.8, 4) is 0 Å². The molecule has 1 amide bonds. The highest BCUT2D eigenvalue weighted by atomic mass is 79.9. The molecule has 1 heterocycles. The number of amides is 1. The Kier molecular flexibility index (Phi) is 3.56. The molecule has 0 aliphatic carbocycles. The van der Waals surface area contributed by atoms with Gasteiger partial charge in [-0.2, -0.15) is 0 Å². The Bertz CT molecular complexity index is 332. The van der Waals surface area contributed by atoms with Crippen LogP contribution in [-0.2, 0) is 4.79 Å². The molecule has 0 aliphatic heterocycles. The lowest BCUT2D eigenvalue weighted by atomic mass is 10.4. The lowest BCUT2D eigenvalue weighted by Crippen LogP contribution is -2.13. The largest absolute Gasteiger partial charge is 0.397 e. The third-order valence-electron chi connectivity index (χ3n) is 1.18. The Morgan fingerprint density at radius 2 is 2.38 bits per heavy atom. The molecule has 70 valence electrons. The number of rotatable bonds is 3. The first-order valence-electron chi connectivity index (χ1n) is 3.41. The number of primary amides is 1. The van der Waals surface area contributed by atoms with Crippen molar-refractivity contribution in [2.24, 2.45) is 5.73 Å². The van der Waals surface area contributed by atoms with Gasteiger partial charge in [0.25, 0.3) is 0 Å². The maximum Gasteiger partial charge on any atom is 0.227 e. The van der Waals surface area contributed by atoms with Crippen LogP contribution in [0.3, 0.4) is 0 Å². The minimum Gasteiger partial charge on any atom is -0.397 e. The van der Waals surface area contributed by atoms with Gasteiger partial charge in [0.05, 0.1) is 22.1 Å². The average Bonchev–Trinajstić information content (AvgIpc) is 2.02. The molecule has 0 radical (unpaired) electrons. The normalized spacial score (nSPS) is 9.92. The van der Waals surface area contributed by atoms with Crippen molar-refractivity contribution in [2.75, 3.05) is 11.5 Å². The summed E-state index contributed by atoms with van der Waals surface area (Å²) in [7, 11) is 0. The average molecular weight is 262 g/mol. The lowest BCUT2D eigenvalue weighted by Gasteiger charge is -2.01. The molecular weight excluding hydrogens is 254 g/mol. The monoisotopic (exact) mass is 261 g/mol. The predicted molar refractivity (Wildman–Crippen MR) is 56.3 cm³/mol. The van der Waals surface area contributed by atoms with Crippen molar-refractivity contribution in [3.05, 3.63) is 16.7 Å². The second-order valence-electron chi connectivity index (χ2n) is 2.31. The standard InChI is InChI=1S/C7H8BrN3OS/c8-5-1-4(9)2-11-7(5)13-3-6(10)12/h1-2H,3,9H2,(H2,10,12). The van der Waals surface area contributed by atoms with Crippen LogP contribution in [0.15, 0.2) is 21.8 Å². The highest BCUT2D eigenvalue weighted by Gasteiger charge is 2.04. The van der Waals surface area contributed by atoms with Crippen molar-refractivity contribution in [2.45, 2.75) is 5.03 Å². The molecule has 0 aliphatic rings.